The summed E-state index contributed by atoms with van der Waals surface area (Å²) in [6, 6.07) is 18.9. The van der Waals surface area contributed by atoms with E-state index in [1.807, 2.05) is 30.3 Å². The second-order valence-electron chi connectivity index (χ2n) is 5.95. The van der Waals surface area contributed by atoms with Gasteiger partial charge in [-0.15, -0.1) is 0 Å². The zero-order valence-corrected chi connectivity index (χ0v) is 13.7. The first-order valence-corrected chi connectivity index (χ1v) is 7.79. The highest BCUT2D eigenvalue weighted by atomic mass is 16.5. The Labute approximate surface area is 137 Å². The molecule has 0 bridgehead atoms. The van der Waals surface area contributed by atoms with E-state index in [1.54, 1.807) is 7.11 Å². The molecule has 2 aromatic rings. The zero-order chi connectivity index (χ0) is 16.4. The molecule has 0 N–H and O–H groups in total. The van der Waals surface area contributed by atoms with Crippen LogP contribution in [0.15, 0.2) is 54.2 Å². The number of methoxy groups -OCH3 is 1. The SMILES string of the molecule is COc1ccc2c(c1)C(c1ccccc1)=C(C#N)N(C(C)C)C2. The Balaban J connectivity index is 2.29. The highest BCUT2D eigenvalue weighted by Gasteiger charge is 2.27. The van der Waals surface area contributed by atoms with Gasteiger partial charge in [-0.1, -0.05) is 36.4 Å². The van der Waals surface area contributed by atoms with Crippen molar-refractivity contribution in [3.8, 4) is 11.8 Å². The predicted octanol–water partition coefficient (Wildman–Crippen LogP) is 4.20. The van der Waals surface area contributed by atoms with Crippen molar-refractivity contribution in [3.05, 3.63) is 70.9 Å². The summed E-state index contributed by atoms with van der Waals surface area (Å²) in [7, 11) is 1.67. The first-order valence-electron chi connectivity index (χ1n) is 7.79. The zero-order valence-electron chi connectivity index (χ0n) is 13.7. The van der Waals surface area contributed by atoms with Crippen molar-refractivity contribution in [1.82, 2.24) is 4.90 Å². The molecule has 23 heavy (non-hydrogen) atoms. The van der Waals surface area contributed by atoms with Crippen LogP contribution in [0.25, 0.3) is 5.57 Å². The summed E-state index contributed by atoms with van der Waals surface area (Å²) in [5.74, 6) is 0.812. The highest BCUT2D eigenvalue weighted by Crippen LogP contribution is 2.38. The molecule has 0 spiro atoms. The third kappa shape index (κ3) is 2.68. The van der Waals surface area contributed by atoms with Gasteiger partial charge in [0.25, 0.3) is 0 Å². The summed E-state index contributed by atoms with van der Waals surface area (Å²) in [6.45, 7) is 4.99. The van der Waals surface area contributed by atoms with E-state index in [9.17, 15) is 5.26 Å². The lowest BCUT2D eigenvalue weighted by Gasteiger charge is -2.35. The molecule has 0 radical (unpaired) electrons. The third-order valence-electron chi connectivity index (χ3n) is 4.24. The maximum absolute atomic E-state index is 9.81. The van der Waals surface area contributed by atoms with E-state index in [2.05, 4.69) is 43.0 Å². The molecule has 1 aliphatic heterocycles. The second-order valence-corrected chi connectivity index (χ2v) is 5.95. The minimum atomic E-state index is 0.263. The Morgan fingerprint density at radius 3 is 2.48 bits per heavy atom. The van der Waals surface area contributed by atoms with Gasteiger partial charge in [0.05, 0.1) is 7.11 Å². The summed E-state index contributed by atoms with van der Waals surface area (Å²) < 4.78 is 5.39. The summed E-state index contributed by atoms with van der Waals surface area (Å²) in [6.07, 6.45) is 0. The van der Waals surface area contributed by atoms with Crippen LogP contribution in [0.5, 0.6) is 5.75 Å². The van der Waals surface area contributed by atoms with E-state index in [0.717, 1.165) is 34.7 Å². The molecule has 0 saturated carbocycles. The van der Waals surface area contributed by atoms with Gasteiger partial charge in [0.1, 0.15) is 17.5 Å². The van der Waals surface area contributed by atoms with Crippen molar-refractivity contribution >= 4 is 5.57 Å². The number of fused-ring (bicyclic) bond motifs is 1. The Kier molecular flexibility index (Phi) is 4.08. The lowest BCUT2D eigenvalue weighted by molar-refractivity contribution is 0.283. The fourth-order valence-corrected chi connectivity index (χ4v) is 3.04. The van der Waals surface area contributed by atoms with E-state index in [4.69, 9.17) is 4.74 Å². The van der Waals surface area contributed by atoms with Crippen LogP contribution in [-0.2, 0) is 6.54 Å². The van der Waals surface area contributed by atoms with E-state index in [0.29, 0.717) is 0 Å². The van der Waals surface area contributed by atoms with E-state index >= 15 is 0 Å². The number of ether oxygens (including phenoxy) is 1. The number of hydrogen-bond acceptors (Lipinski definition) is 3. The molecule has 3 heteroatoms. The topological polar surface area (TPSA) is 36.3 Å². The van der Waals surface area contributed by atoms with Crippen molar-refractivity contribution in [1.29, 1.82) is 5.26 Å². The Morgan fingerprint density at radius 1 is 1.13 bits per heavy atom. The Hall–Kier alpha value is -2.73. The molecule has 0 aliphatic carbocycles. The van der Waals surface area contributed by atoms with Crippen LogP contribution in [0, 0.1) is 11.3 Å². The standard InChI is InChI=1S/C20H20N2O/c1-14(2)22-13-16-9-10-17(23-3)11-18(16)20(19(22)12-21)15-7-5-4-6-8-15/h4-11,14H,13H2,1-3H3. The largest absolute Gasteiger partial charge is 0.497 e. The van der Waals surface area contributed by atoms with Gasteiger partial charge >= 0.3 is 0 Å². The number of hydrogen-bond donors (Lipinski definition) is 0. The maximum Gasteiger partial charge on any atom is 0.125 e. The summed E-state index contributed by atoms with van der Waals surface area (Å²) in [5.41, 5.74) is 5.08. The number of rotatable bonds is 3. The molecule has 0 fully saturated rings. The lowest BCUT2D eigenvalue weighted by Crippen LogP contribution is -2.33. The van der Waals surface area contributed by atoms with Crippen LogP contribution in [-0.4, -0.2) is 18.1 Å². The van der Waals surface area contributed by atoms with Crippen LogP contribution < -0.4 is 4.74 Å². The molecule has 0 aromatic heterocycles. The van der Waals surface area contributed by atoms with Crippen LogP contribution >= 0.6 is 0 Å². The van der Waals surface area contributed by atoms with E-state index < -0.39 is 0 Å². The van der Waals surface area contributed by atoms with Gasteiger partial charge in [0.15, 0.2) is 0 Å². The minimum absolute atomic E-state index is 0.263. The molecule has 0 atom stereocenters. The predicted molar refractivity (Wildman–Crippen MR) is 91.8 cm³/mol. The normalized spacial score (nSPS) is 13.8. The maximum atomic E-state index is 9.81. The third-order valence-corrected chi connectivity index (χ3v) is 4.24. The van der Waals surface area contributed by atoms with Gasteiger partial charge in [-0.05, 0) is 42.7 Å². The number of allylic oxidation sites excluding steroid dienone is 1. The van der Waals surface area contributed by atoms with Crippen LogP contribution in [0.1, 0.15) is 30.5 Å². The van der Waals surface area contributed by atoms with Crippen molar-refractivity contribution in [3.63, 3.8) is 0 Å². The van der Waals surface area contributed by atoms with E-state index in [1.165, 1.54) is 5.56 Å². The van der Waals surface area contributed by atoms with Crippen molar-refractivity contribution in [2.75, 3.05) is 7.11 Å². The molecule has 2 aromatic carbocycles. The van der Waals surface area contributed by atoms with Gasteiger partial charge in [-0.25, -0.2) is 0 Å². The molecule has 0 amide bonds. The molecule has 3 nitrogen and oxygen atoms in total. The molecule has 1 aliphatic rings. The molecule has 0 unspecified atom stereocenters. The van der Waals surface area contributed by atoms with Gasteiger partial charge in [0.2, 0.25) is 0 Å². The number of nitriles is 1. The lowest BCUT2D eigenvalue weighted by atomic mass is 9.88. The molecule has 116 valence electrons. The van der Waals surface area contributed by atoms with Crippen LogP contribution in [0.3, 0.4) is 0 Å². The van der Waals surface area contributed by atoms with Crippen molar-refractivity contribution < 1.29 is 4.74 Å². The average Bonchev–Trinajstić information content (AvgIpc) is 2.60. The minimum Gasteiger partial charge on any atom is -0.497 e. The molecule has 0 saturated heterocycles. The Morgan fingerprint density at radius 2 is 1.87 bits per heavy atom. The first kappa shape index (κ1) is 15.2. The molecule has 3 rings (SSSR count). The summed E-state index contributed by atoms with van der Waals surface area (Å²) in [4.78, 5) is 2.16. The first-order chi connectivity index (χ1) is 11.2. The number of nitrogens with zero attached hydrogens (tertiary/aromatic N) is 2. The summed E-state index contributed by atoms with van der Waals surface area (Å²) in [5, 5.41) is 9.81. The second kappa shape index (κ2) is 6.18. The monoisotopic (exact) mass is 304 g/mol. The van der Waals surface area contributed by atoms with Gasteiger partial charge in [-0.3, -0.25) is 0 Å². The van der Waals surface area contributed by atoms with Gasteiger partial charge < -0.3 is 9.64 Å². The van der Waals surface area contributed by atoms with Crippen molar-refractivity contribution in [2.24, 2.45) is 0 Å². The fraction of sp³-hybridized carbons (Fsp3) is 0.250. The smallest absolute Gasteiger partial charge is 0.125 e. The van der Waals surface area contributed by atoms with Gasteiger partial charge in [-0.2, -0.15) is 5.26 Å². The fourth-order valence-electron chi connectivity index (χ4n) is 3.04. The summed E-state index contributed by atoms with van der Waals surface area (Å²) >= 11 is 0. The average molecular weight is 304 g/mol. The van der Waals surface area contributed by atoms with Gasteiger partial charge in [0, 0.05) is 18.2 Å². The van der Waals surface area contributed by atoms with Crippen molar-refractivity contribution in [2.45, 2.75) is 26.4 Å². The molecule has 1 heterocycles. The van der Waals surface area contributed by atoms with E-state index in [-0.39, 0.29) is 6.04 Å². The highest BCUT2D eigenvalue weighted by molar-refractivity contribution is 5.87. The molecular formula is C20H20N2O. The molecular weight excluding hydrogens is 284 g/mol. The quantitative estimate of drug-likeness (QED) is 0.852. The van der Waals surface area contributed by atoms with Crippen LogP contribution in [0.4, 0.5) is 0 Å². The Bertz CT molecular complexity index is 785. The van der Waals surface area contributed by atoms with Crippen LogP contribution in [0.2, 0.25) is 0 Å². The number of benzene rings is 2.